The standard InChI is InChI=1S/C15H20N2O6/c1-4-9(2)13(15(19)20)16-14(18)10(3)23-12-7-5-6-11(8-12)17(21)22/h5-10,13H,4H2,1-3H3,(H,16,18)(H,19,20). The number of hydrogen-bond acceptors (Lipinski definition) is 5. The number of nitrogens with one attached hydrogen (secondary N) is 1. The van der Waals surface area contributed by atoms with Crippen LogP contribution in [0.4, 0.5) is 5.69 Å². The highest BCUT2D eigenvalue weighted by Gasteiger charge is 2.28. The Morgan fingerprint density at radius 2 is 2.04 bits per heavy atom. The van der Waals surface area contributed by atoms with Crippen LogP contribution in [-0.2, 0) is 9.59 Å². The van der Waals surface area contributed by atoms with E-state index in [1.807, 2.05) is 6.92 Å². The first-order chi connectivity index (χ1) is 10.8. The molecule has 8 heteroatoms. The Hall–Kier alpha value is -2.64. The molecule has 0 bridgehead atoms. The Balaban J connectivity index is 2.75. The molecule has 0 saturated heterocycles. The van der Waals surface area contributed by atoms with Gasteiger partial charge in [-0.15, -0.1) is 0 Å². The lowest BCUT2D eigenvalue weighted by molar-refractivity contribution is -0.384. The van der Waals surface area contributed by atoms with Gasteiger partial charge in [-0.1, -0.05) is 26.3 Å². The second-order valence-electron chi connectivity index (χ2n) is 5.22. The highest BCUT2D eigenvalue weighted by atomic mass is 16.6. The molecule has 0 saturated carbocycles. The van der Waals surface area contributed by atoms with E-state index < -0.39 is 28.9 Å². The number of non-ortho nitro benzene ring substituents is 1. The van der Waals surface area contributed by atoms with Crippen molar-refractivity contribution in [3.05, 3.63) is 34.4 Å². The van der Waals surface area contributed by atoms with Crippen LogP contribution in [0.3, 0.4) is 0 Å². The average molecular weight is 324 g/mol. The fourth-order valence-electron chi connectivity index (χ4n) is 1.88. The lowest BCUT2D eigenvalue weighted by Crippen LogP contribution is -2.49. The molecule has 0 aliphatic rings. The number of amides is 1. The van der Waals surface area contributed by atoms with Gasteiger partial charge in [-0.05, 0) is 18.9 Å². The largest absolute Gasteiger partial charge is 0.481 e. The second-order valence-corrected chi connectivity index (χ2v) is 5.22. The van der Waals surface area contributed by atoms with Crippen molar-refractivity contribution < 1.29 is 24.4 Å². The van der Waals surface area contributed by atoms with E-state index in [1.165, 1.54) is 31.2 Å². The smallest absolute Gasteiger partial charge is 0.326 e. The Morgan fingerprint density at radius 3 is 2.57 bits per heavy atom. The molecule has 1 aromatic carbocycles. The van der Waals surface area contributed by atoms with Gasteiger partial charge in [0.2, 0.25) is 0 Å². The zero-order valence-corrected chi connectivity index (χ0v) is 13.2. The molecule has 1 amide bonds. The van der Waals surface area contributed by atoms with E-state index in [4.69, 9.17) is 9.84 Å². The quantitative estimate of drug-likeness (QED) is 0.557. The maximum absolute atomic E-state index is 12.1. The summed E-state index contributed by atoms with van der Waals surface area (Å²) in [5.74, 6) is -1.78. The maximum Gasteiger partial charge on any atom is 0.326 e. The summed E-state index contributed by atoms with van der Waals surface area (Å²) in [6.45, 7) is 5.00. The van der Waals surface area contributed by atoms with Gasteiger partial charge >= 0.3 is 5.97 Å². The summed E-state index contributed by atoms with van der Waals surface area (Å²) in [5, 5.41) is 22.3. The fourth-order valence-corrected chi connectivity index (χ4v) is 1.88. The first kappa shape index (κ1) is 18.4. The molecule has 23 heavy (non-hydrogen) atoms. The van der Waals surface area contributed by atoms with Gasteiger partial charge in [0.05, 0.1) is 11.0 Å². The number of nitro benzene ring substituents is 1. The van der Waals surface area contributed by atoms with E-state index in [9.17, 15) is 19.7 Å². The van der Waals surface area contributed by atoms with Gasteiger partial charge < -0.3 is 15.2 Å². The molecular formula is C15H20N2O6. The zero-order valence-electron chi connectivity index (χ0n) is 13.2. The average Bonchev–Trinajstić information content (AvgIpc) is 2.51. The minimum Gasteiger partial charge on any atom is -0.481 e. The van der Waals surface area contributed by atoms with E-state index in [1.54, 1.807) is 6.92 Å². The van der Waals surface area contributed by atoms with E-state index in [0.29, 0.717) is 6.42 Å². The van der Waals surface area contributed by atoms with Crippen LogP contribution in [0.25, 0.3) is 0 Å². The van der Waals surface area contributed by atoms with Crippen molar-refractivity contribution in [3.63, 3.8) is 0 Å². The van der Waals surface area contributed by atoms with Crippen LogP contribution in [0, 0.1) is 16.0 Å². The number of ether oxygens (including phenoxy) is 1. The van der Waals surface area contributed by atoms with E-state index >= 15 is 0 Å². The van der Waals surface area contributed by atoms with Crippen LogP contribution in [0.2, 0.25) is 0 Å². The van der Waals surface area contributed by atoms with Crippen LogP contribution in [0.1, 0.15) is 27.2 Å². The molecule has 1 aromatic rings. The van der Waals surface area contributed by atoms with Crippen molar-refractivity contribution in [1.82, 2.24) is 5.32 Å². The normalized spacial score (nSPS) is 14.4. The van der Waals surface area contributed by atoms with Crippen LogP contribution >= 0.6 is 0 Å². The minimum atomic E-state index is -1.12. The zero-order chi connectivity index (χ0) is 17.6. The molecule has 0 aliphatic carbocycles. The van der Waals surface area contributed by atoms with Crippen molar-refractivity contribution in [3.8, 4) is 5.75 Å². The molecule has 2 N–H and O–H groups in total. The second kappa shape index (κ2) is 8.11. The summed E-state index contributed by atoms with van der Waals surface area (Å²) in [7, 11) is 0. The van der Waals surface area contributed by atoms with Gasteiger partial charge in [-0.3, -0.25) is 14.9 Å². The number of nitro groups is 1. The van der Waals surface area contributed by atoms with Crippen LogP contribution in [0.15, 0.2) is 24.3 Å². The van der Waals surface area contributed by atoms with Gasteiger partial charge in [0.25, 0.3) is 11.6 Å². The summed E-state index contributed by atoms with van der Waals surface area (Å²) < 4.78 is 5.35. The third-order valence-corrected chi connectivity index (χ3v) is 3.49. The maximum atomic E-state index is 12.1. The highest BCUT2D eigenvalue weighted by Crippen LogP contribution is 2.20. The molecule has 0 aliphatic heterocycles. The third-order valence-electron chi connectivity index (χ3n) is 3.49. The lowest BCUT2D eigenvalue weighted by atomic mass is 9.99. The van der Waals surface area contributed by atoms with Crippen molar-refractivity contribution in [1.29, 1.82) is 0 Å². The van der Waals surface area contributed by atoms with Gasteiger partial charge in [-0.25, -0.2) is 4.79 Å². The van der Waals surface area contributed by atoms with Crippen LogP contribution in [-0.4, -0.2) is 34.1 Å². The van der Waals surface area contributed by atoms with Crippen LogP contribution in [0.5, 0.6) is 5.75 Å². The number of carboxylic acid groups (broad SMARTS) is 1. The number of carbonyl (C=O) groups excluding carboxylic acids is 1. The molecule has 3 atom stereocenters. The number of carboxylic acids is 1. The molecule has 0 fully saturated rings. The van der Waals surface area contributed by atoms with Crippen LogP contribution < -0.4 is 10.1 Å². The minimum absolute atomic E-state index is 0.155. The summed E-state index contributed by atoms with van der Waals surface area (Å²) in [4.78, 5) is 33.4. The van der Waals surface area contributed by atoms with Crippen molar-refractivity contribution >= 4 is 17.6 Å². The summed E-state index contributed by atoms with van der Waals surface area (Å²) in [6, 6.07) is 4.43. The predicted molar refractivity (Wildman–Crippen MR) is 82.2 cm³/mol. The highest BCUT2D eigenvalue weighted by molar-refractivity contribution is 5.86. The third kappa shape index (κ3) is 5.24. The SMILES string of the molecule is CCC(C)C(NC(=O)C(C)Oc1cccc([N+](=O)[O-])c1)C(=O)O. The number of hydrogen-bond donors (Lipinski definition) is 2. The first-order valence-corrected chi connectivity index (χ1v) is 7.20. The molecule has 8 nitrogen and oxygen atoms in total. The number of carbonyl (C=O) groups is 2. The molecule has 126 valence electrons. The van der Waals surface area contributed by atoms with Crippen molar-refractivity contribution in [2.75, 3.05) is 0 Å². The number of benzene rings is 1. The Bertz CT molecular complexity index is 589. The number of rotatable bonds is 8. The van der Waals surface area contributed by atoms with Gasteiger partial charge in [0.15, 0.2) is 6.10 Å². The Morgan fingerprint density at radius 1 is 1.39 bits per heavy atom. The van der Waals surface area contributed by atoms with E-state index in [2.05, 4.69) is 5.32 Å². The molecule has 3 unspecified atom stereocenters. The first-order valence-electron chi connectivity index (χ1n) is 7.20. The lowest BCUT2D eigenvalue weighted by Gasteiger charge is -2.22. The Kier molecular flexibility index (Phi) is 6.49. The Labute approximate surface area is 133 Å². The van der Waals surface area contributed by atoms with Crippen molar-refractivity contribution in [2.24, 2.45) is 5.92 Å². The van der Waals surface area contributed by atoms with E-state index in [-0.39, 0.29) is 17.4 Å². The summed E-state index contributed by atoms with van der Waals surface area (Å²) >= 11 is 0. The van der Waals surface area contributed by atoms with Gasteiger partial charge in [-0.2, -0.15) is 0 Å². The molecule has 1 rings (SSSR count). The van der Waals surface area contributed by atoms with Crippen molar-refractivity contribution in [2.45, 2.75) is 39.3 Å². The molecule has 0 heterocycles. The number of aliphatic carboxylic acids is 1. The predicted octanol–water partition coefficient (Wildman–Crippen LogP) is 1.98. The summed E-state index contributed by atoms with van der Waals surface area (Å²) in [6.07, 6.45) is -0.389. The summed E-state index contributed by atoms with van der Waals surface area (Å²) in [5.41, 5.74) is -0.155. The topological polar surface area (TPSA) is 119 Å². The molecular weight excluding hydrogens is 304 g/mol. The van der Waals surface area contributed by atoms with Gasteiger partial charge in [0, 0.05) is 6.07 Å². The molecule has 0 radical (unpaired) electrons. The van der Waals surface area contributed by atoms with E-state index in [0.717, 1.165) is 0 Å². The van der Waals surface area contributed by atoms with Gasteiger partial charge in [0.1, 0.15) is 11.8 Å². The number of nitrogens with zero attached hydrogens (tertiary/aromatic N) is 1. The molecule has 0 spiro atoms. The monoisotopic (exact) mass is 324 g/mol. The molecule has 0 aromatic heterocycles. The fraction of sp³-hybridized carbons (Fsp3) is 0.467.